The van der Waals surface area contributed by atoms with Crippen molar-refractivity contribution >= 4 is 21.7 Å². The molecule has 1 aromatic rings. The predicted molar refractivity (Wildman–Crippen MR) is 84.8 cm³/mol. The molecule has 0 saturated carbocycles. The Hall–Kier alpha value is -1.89. The quantitative estimate of drug-likeness (QED) is 0.777. The fraction of sp³-hybridized carbons (Fsp3) is 0.500. The molecule has 1 amide bonds. The van der Waals surface area contributed by atoms with Gasteiger partial charge in [-0.15, -0.1) is 0 Å². The number of esters is 1. The number of piperidine rings is 1. The molecule has 0 N–H and O–H groups in total. The first-order valence-electron chi connectivity index (χ1n) is 7.52. The summed E-state index contributed by atoms with van der Waals surface area (Å²) in [5.41, 5.74) is 0.220. The van der Waals surface area contributed by atoms with Crippen LogP contribution in [0, 0.1) is 5.92 Å². The summed E-state index contributed by atoms with van der Waals surface area (Å²) in [5.74, 6) is -0.368. The topological polar surface area (TPSA) is 80.8 Å². The summed E-state index contributed by atoms with van der Waals surface area (Å²) in [4.78, 5) is 25.8. The zero-order chi connectivity index (χ0) is 17.0. The zero-order valence-corrected chi connectivity index (χ0v) is 14.1. The first-order valence-corrected chi connectivity index (χ1v) is 9.41. The number of carbonyl (C=O) groups excluding carboxylic acids is 2. The second-order valence-electron chi connectivity index (χ2n) is 5.96. The molecule has 0 radical (unpaired) electrons. The number of hydrogen-bond donors (Lipinski definition) is 0. The third-order valence-electron chi connectivity index (χ3n) is 3.85. The molecule has 1 atom stereocenters. The van der Waals surface area contributed by atoms with Gasteiger partial charge < -0.3 is 9.64 Å². The van der Waals surface area contributed by atoms with Crippen molar-refractivity contribution in [2.24, 2.45) is 5.92 Å². The van der Waals surface area contributed by atoms with E-state index in [1.807, 2.05) is 0 Å². The molecule has 0 aromatic heterocycles. The maximum absolute atomic E-state index is 12.0. The van der Waals surface area contributed by atoms with Gasteiger partial charge >= 0.3 is 5.97 Å². The van der Waals surface area contributed by atoms with E-state index in [9.17, 15) is 18.0 Å². The van der Waals surface area contributed by atoms with Crippen molar-refractivity contribution in [1.82, 2.24) is 4.90 Å². The van der Waals surface area contributed by atoms with Crippen LogP contribution in [-0.4, -0.2) is 51.1 Å². The number of likely N-dealkylation sites (tertiary alicyclic amines) is 1. The SMILES string of the molecule is C[C@@H]1CCCN(C(=O)COC(=O)c2ccc(S(C)(=O)=O)cc2)C1. The van der Waals surface area contributed by atoms with Gasteiger partial charge in [-0.2, -0.15) is 0 Å². The van der Waals surface area contributed by atoms with Crippen molar-refractivity contribution in [1.29, 1.82) is 0 Å². The molecule has 1 fully saturated rings. The second-order valence-corrected chi connectivity index (χ2v) is 7.98. The molecule has 1 aliphatic heterocycles. The first kappa shape index (κ1) is 17.5. The van der Waals surface area contributed by atoms with Crippen LogP contribution in [0.25, 0.3) is 0 Å². The van der Waals surface area contributed by atoms with Crippen LogP contribution >= 0.6 is 0 Å². The van der Waals surface area contributed by atoms with Gasteiger partial charge in [-0.25, -0.2) is 13.2 Å². The molecule has 7 heteroatoms. The molecule has 1 aromatic carbocycles. The number of amides is 1. The lowest BCUT2D eigenvalue weighted by molar-refractivity contribution is -0.136. The molecular formula is C16H21NO5S. The van der Waals surface area contributed by atoms with Crippen molar-refractivity contribution in [3.63, 3.8) is 0 Å². The number of nitrogens with zero attached hydrogens (tertiary/aromatic N) is 1. The summed E-state index contributed by atoms with van der Waals surface area (Å²) >= 11 is 0. The van der Waals surface area contributed by atoms with Crippen molar-refractivity contribution in [2.45, 2.75) is 24.7 Å². The van der Waals surface area contributed by atoms with Gasteiger partial charge in [0.15, 0.2) is 16.4 Å². The lowest BCUT2D eigenvalue weighted by Crippen LogP contribution is -2.41. The van der Waals surface area contributed by atoms with Gasteiger partial charge in [0.1, 0.15) is 0 Å². The van der Waals surface area contributed by atoms with Crippen molar-refractivity contribution in [3.8, 4) is 0 Å². The Morgan fingerprint density at radius 2 is 1.91 bits per heavy atom. The van der Waals surface area contributed by atoms with Crippen LogP contribution in [0.1, 0.15) is 30.1 Å². The van der Waals surface area contributed by atoms with Crippen LogP contribution in [0.2, 0.25) is 0 Å². The smallest absolute Gasteiger partial charge is 0.338 e. The summed E-state index contributed by atoms with van der Waals surface area (Å²) in [7, 11) is -3.30. The molecule has 1 heterocycles. The number of ether oxygens (including phenoxy) is 1. The largest absolute Gasteiger partial charge is 0.452 e. The highest BCUT2D eigenvalue weighted by molar-refractivity contribution is 7.90. The van der Waals surface area contributed by atoms with Gasteiger partial charge in [-0.3, -0.25) is 4.79 Å². The van der Waals surface area contributed by atoms with E-state index in [-0.39, 0.29) is 23.0 Å². The third-order valence-corrected chi connectivity index (χ3v) is 4.98. The van der Waals surface area contributed by atoms with E-state index in [1.54, 1.807) is 4.90 Å². The van der Waals surface area contributed by atoms with Crippen LogP contribution in [0.3, 0.4) is 0 Å². The highest BCUT2D eigenvalue weighted by Crippen LogP contribution is 2.16. The highest BCUT2D eigenvalue weighted by Gasteiger charge is 2.22. The van der Waals surface area contributed by atoms with E-state index in [0.717, 1.165) is 19.1 Å². The maximum atomic E-state index is 12.0. The molecule has 1 aliphatic rings. The summed E-state index contributed by atoms with van der Waals surface area (Å²) in [6, 6.07) is 5.46. The average molecular weight is 339 g/mol. The molecule has 0 bridgehead atoms. The van der Waals surface area contributed by atoms with E-state index < -0.39 is 15.8 Å². The monoisotopic (exact) mass is 339 g/mol. The molecular weight excluding hydrogens is 318 g/mol. The fourth-order valence-electron chi connectivity index (χ4n) is 2.56. The highest BCUT2D eigenvalue weighted by atomic mass is 32.2. The minimum atomic E-state index is -3.30. The normalized spacial score (nSPS) is 18.5. The number of carbonyl (C=O) groups is 2. The summed E-state index contributed by atoms with van der Waals surface area (Å²) < 4.78 is 27.8. The number of benzene rings is 1. The number of sulfone groups is 1. The Morgan fingerprint density at radius 3 is 2.48 bits per heavy atom. The van der Waals surface area contributed by atoms with Gasteiger partial charge in [0, 0.05) is 19.3 Å². The number of hydrogen-bond acceptors (Lipinski definition) is 5. The van der Waals surface area contributed by atoms with Gasteiger partial charge in [0.05, 0.1) is 10.5 Å². The van der Waals surface area contributed by atoms with Gasteiger partial charge in [-0.05, 0) is 43.0 Å². The first-order chi connectivity index (χ1) is 10.8. The maximum Gasteiger partial charge on any atom is 0.338 e. The Morgan fingerprint density at radius 1 is 1.26 bits per heavy atom. The summed E-state index contributed by atoms with van der Waals surface area (Å²) in [5, 5.41) is 0. The average Bonchev–Trinajstić information content (AvgIpc) is 2.51. The van der Waals surface area contributed by atoms with Crippen molar-refractivity contribution < 1.29 is 22.7 Å². The third kappa shape index (κ3) is 4.79. The zero-order valence-electron chi connectivity index (χ0n) is 13.3. The van der Waals surface area contributed by atoms with Crippen LogP contribution in [-0.2, 0) is 19.4 Å². The minimum Gasteiger partial charge on any atom is -0.452 e. The molecule has 0 spiro atoms. The summed E-state index contributed by atoms with van der Waals surface area (Å²) in [6.07, 6.45) is 3.17. The number of rotatable bonds is 4. The van der Waals surface area contributed by atoms with E-state index >= 15 is 0 Å². The molecule has 2 rings (SSSR count). The lowest BCUT2D eigenvalue weighted by atomic mass is 10.0. The van der Waals surface area contributed by atoms with Crippen LogP contribution in [0.5, 0.6) is 0 Å². The molecule has 126 valence electrons. The lowest BCUT2D eigenvalue weighted by Gasteiger charge is -2.30. The fourth-order valence-corrected chi connectivity index (χ4v) is 3.19. The van der Waals surface area contributed by atoms with Gasteiger partial charge in [0.25, 0.3) is 5.91 Å². The van der Waals surface area contributed by atoms with E-state index in [2.05, 4.69) is 6.92 Å². The Balaban J connectivity index is 1.90. The summed E-state index contributed by atoms with van der Waals surface area (Å²) in [6.45, 7) is 3.19. The van der Waals surface area contributed by atoms with E-state index in [1.165, 1.54) is 24.3 Å². The van der Waals surface area contributed by atoms with Crippen LogP contribution < -0.4 is 0 Å². The van der Waals surface area contributed by atoms with Crippen molar-refractivity contribution in [3.05, 3.63) is 29.8 Å². The van der Waals surface area contributed by atoms with E-state index in [4.69, 9.17) is 4.74 Å². The Labute approximate surface area is 136 Å². The van der Waals surface area contributed by atoms with Crippen LogP contribution in [0.15, 0.2) is 29.2 Å². The van der Waals surface area contributed by atoms with Gasteiger partial charge in [-0.1, -0.05) is 6.92 Å². The van der Waals surface area contributed by atoms with Gasteiger partial charge in [0.2, 0.25) is 0 Å². The minimum absolute atomic E-state index is 0.132. The molecule has 23 heavy (non-hydrogen) atoms. The Kier molecular flexibility index (Phi) is 5.41. The standard InChI is InChI=1S/C16H21NO5S/c1-12-4-3-9-17(10-12)15(18)11-22-16(19)13-5-7-14(8-6-13)23(2,20)21/h5-8,12H,3-4,9-11H2,1-2H3/t12-/m1/s1. The molecule has 1 saturated heterocycles. The molecule has 0 aliphatic carbocycles. The second kappa shape index (κ2) is 7.12. The van der Waals surface area contributed by atoms with Crippen LogP contribution in [0.4, 0.5) is 0 Å². The Bertz CT molecular complexity index is 681. The molecule has 0 unspecified atom stereocenters. The molecule has 6 nitrogen and oxygen atoms in total. The predicted octanol–water partition coefficient (Wildman–Crippen LogP) is 1.51. The van der Waals surface area contributed by atoms with E-state index in [0.29, 0.717) is 19.0 Å². The van der Waals surface area contributed by atoms with Crippen molar-refractivity contribution in [2.75, 3.05) is 26.0 Å².